The molecule has 1 saturated heterocycles. The van der Waals surface area contributed by atoms with Crippen LogP contribution in [0.1, 0.15) is 10.4 Å². The lowest BCUT2D eigenvalue weighted by Gasteiger charge is -2.27. The summed E-state index contributed by atoms with van der Waals surface area (Å²) in [5, 5.41) is 3.28. The fraction of sp³-hybridized carbons (Fsp3) is 0.500. The van der Waals surface area contributed by atoms with Gasteiger partial charge in [-0.25, -0.2) is 17.9 Å². The van der Waals surface area contributed by atoms with Crippen LogP contribution >= 0.6 is 36.4 Å². The summed E-state index contributed by atoms with van der Waals surface area (Å²) in [7, 11) is -2.42. The van der Waals surface area contributed by atoms with E-state index in [1.165, 1.54) is 25.3 Å². The Morgan fingerprint density at radius 1 is 1.32 bits per heavy atom. The van der Waals surface area contributed by atoms with Gasteiger partial charge in [-0.1, -0.05) is 11.6 Å². The molecule has 1 heterocycles. The van der Waals surface area contributed by atoms with Crippen LogP contribution < -0.4 is 10.0 Å². The molecule has 1 aromatic carbocycles. The Hall–Kier alpha value is -0.610. The molecule has 0 aromatic heterocycles. The first-order chi connectivity index (χ1) is 10.9. The number of ether oxygens (including phenoxy) is 1. The molecule has 1 aliphatic rings. The number of halogens is 3. The minimum absolute atomic E-state index is 0. The summed E-state index contributed by atoms with van der Waals surface area (Å²) in [5.41, 5.74) is 0.133. The summed E-state index contributed by atoms with van der Waals surface area (Å²) in [6.07, 6.45) is 0. The fourth-order valence-corrected chi connectivity index (χ4v) is 3.66. The fourth-order valence-electron chi connectivity index (χ4n) is 2.29. The maximum atomic E-state index is 12.3. The van der Waals surface area contributed by atoms with E-state index in [0.29, 0.717) is 13.1 Å². The molecule has 0 saturated carbocycles. The number of nitrogens with one attached hydrogen (secondary N) is 2. The van der Waals surface area contributed by atoms with Crippen LogP contribution in [0.2, 0.25) is 5.02 Å². The zero-order valence-electron chi connectivity index (χ0n) is 13.7. The Bertz CT molecular complexity index is 667. The van der Waals surface area contributed by atoms with Crippen molar-refractivity contribution in [3.05, 3.63) is 28.8 Å². The van der Waals surface area contributed by atoms with Crippen LogP contribution in [0.25, 0.3) is 0 Å². The van der Waals surface area contributed by atoms with Crippen molar-refractivity contribution in [1.29, 1.82) is 0 Å². The van der Waals surface area contributed by atoms with Gasteiger partial charge in [0.15, 0.2) is 0 Å². The second kappa shape index (κ2) is 11.2. The summed E-state index contributed by atoms with van der Waals surface area (Å²) in [6, 6.07) is 3.94. The summed E-state index contributed by atoms with van der Waals surface area (Å²) in [6.45, 7) is 4.60. The van der Waals surface area contributed by atoms with E-state index in [2.05, 4.69) is 19.7 Å². The molecule has 0 spiro atoms. The number of methoxy groups -OCH3 is 1. The topological polar surface area (TPSA) is 87.7 Å². The van der Waals surface area contributed by atoms with Crippen LogP contribution in [-0.4, -0.2) is 65.7 Å². The summed E-state index contributed by atoms with van der Waals surface area (Å²) >= 11 is 5.96. The Morgan fingerprint density at radius 3 is 2.52 bits per heavy atom. The molecule has 7 nitrogen and oxygen atoms in total. The molecule has 1 fully saturated rings. The monoisotopic (exact) mass is 433 g/mol. The van der Waals surface area contributed by atoms with Crippen LogP contribution in [0.5, 0.6) is 0 Å². The number of sulfonamides is 1. The van der Waals surface area contributed by atoms with Crippen molar-refractivity contribution in [2.45, 2.75) is 4.90 Å². The molecule has 1 aliphatic heterocycles. The molecule has 0 unspecified atom stereocenters. The molecular formula is C14H22Cl3N3O4S. The SMILES string of the molecule is COC(=O)c1ccc(S(=O)(=O)NCCN2CCNCC2)cc1Cl.Cl.Cl. The Kier molecular flexibility index (Phi) is 10.9. The van der Waals surface area contributed by atoms with E-state index in [-0.39, 0.29) is 40.3 Å². The highest BCUT2D eigenvalue weighted by atomic mass is 35.5. The van der Waals surface area contributed by atoms with Crippen molar-refractivity contribution in [1.82, 2.24) is 14.9 Å². The normalized spacial score (nSPS) is 15.0. The van der Waals surface area contributed by atoms with Gasteiger partial charge in [-0.15, -0.1) is 24.8 Å². The van der Waals surface area contributed by atoms with E-state index in [0.717, 1.165) is 26.2 Å². The third-order valence-corrected chi connectivity index (χ3v) is 5.36. The summed E-state index contributed by atoms with van der Waals surface area (Å²) < 4.78 is 31.6. The molecule has 11 heteroatoms. The van der Waals surface area contributed by atoms with Gasteiger partial charge in [0.05, 0.1) is 22.6 Å². The third kappa shape index (κ3) is 6.90. The molecule has 2 N–H and O–H groups in total. The molecular weight excluding hydrogens is 413 g/mol. The second-order valence-electron chi connectivity index (χ2n) is 5.12. The van der Waals surface area contributed by atoms with Gasteiger partial charge < -0.3 is 10.1 Å². The highest BCUT2D eigenvalue weighted by molar-refractivity contribution is 7.89. The Morgan fingerprint density at radius 2 is 1.96 bits per heavy atom. The molecule has 144 valence electrons. The quantitative estimate of drug-likeness (QED) is 0.653. The first-order valence-corrected chi connectivity index (χ1v) is 9.11. The predicted molar refractivity (Wildman–Crippen MR) is 102 cm³/mol. The van der Waals surface area contributed by atoms with E-state index >= 15 is 0 Å². The number of carbonyl (C=O) groups is 1. The maximum Gasteiger partial charge on any atom is 0.339 e. The Balaban J connectivity index is 0.00000288. The van der Waals surface area contributed by atoms with Crippen LogP contribution in [0, 0.1) is 0 Å². The van der Waals surface area contributed by atoms with Gasteiger partial charge in [0.25, 0.3) is 0 Å². The largest absolute Gasteiger partial charge is 0.465 e. The van der Waals surface area contributed by atoms with E-state index in [1.807, 2.05) is 0 Å². The molecule has 0 aliphatic carbocycles. The first-order valence-electron chi connectivity index (χ1n) is 7.24. The number of rotatable bonds is 6. The maximum absolute atomic E-state index is 12.3. The zero-order chi connectivity index (χ0) is 16.9. The lowest BCUT2D eigenvalue weighted by Crippen LogP contribution is -2.46. The van der Waals surface area contributed by atoms with Gasteiger partial charge in [-0.2, -0.15) is 0 Å². The summed E-state index contributed by atoms with van der Waals surface area (Å²) in [5.74, 6) is -0.606. The van der Waals surface area contributed by atoms with Gasteiger partial charge >= 0.3 is 5.97 Å². The Labute approximate surface area is 165 Å². The van der Waals surface area contributed by atoms with Crippen LogP contribution in [0.4, 0.5) is 0 Å². The third-order valence-electron chi connectivity index (χ3n) is 3.59. The molecule has 0 bridgehead atoms. The average molecular weight is 435 g/mol. The highest BCUT2D eigenvalue weighted by Gasteiger charge is 2.18. The number of hydrogen-bond acceptors (Lipinski definition) is 6. The molecule has 0 amide bonds. The van der Waals surface area contributed by atoms with Crippen molar-refractivity contribution in [2.24, 2.45) is 0 Å². The smallest absolute Gasteiger partial charge is 0.339 e. The number of benzene rings is 1. The number of piperazine rings is 1. The average Bonchev–Trinajstić information content (AvgIpc) is 2.55. The lowest BCUT2D eigenvalue weighted by molar-refractivity contribution is 0.0601. The van der Waals surface area contributed by atoms with Gasteiger partial charge in [0.1, 0.15) is 0 Å². The molecule has 2 rings (SSSR count). The van der Waals surface area contributed by atoms with Crippen molar-refractivity contribution in [2.75, 3.05) is 46.4 Å². The van der Waals surface area contributed by atoms with E-state index < -0.39 is 16.0 Å². The number of esters is 1. The minimum atomic E-state index is -3.66. The van der Waals surface area contributed by atoms with Gasteiger partial charge in [0.2, 0.25) is 10.0 Å². The predicted octanol–water partition coefficient (Wildman–Crippen LogP) is 1.15. The van der Waals surface area contributed by atoms with E-state index in [9.17, 15) is 13.2 Å². The van der Waals surface area contributed by atoms with Gasteiger partial charge in [-0.05, 0) is 18.2 Å². The number of carbonyl (C=O) groups excluding carboxylic acids is 1. The van der Waals surface area contributed by atoms with E-state index in [1.54, 1.807) is 0 Å². The standard InChI is InChI=1S/C14H20ClN3O4S.2ClH/c1-22-14(19)12-3-2-11(10-13(12)15)23(20,21)17-6-9-18-7-4-16-5-8-18;;/h2-3,10,16-17H,4-9H2,1H3;2*1H. The van der Waals surface area contributed by atoms with Crippen LogP contribution in [0.15, 0.2) is 23.1 Å². The first kappa shape index (κ1) is 24.4. The molecule has 0 radical (unpaired) electrons. The van der Waals surface area contributed by atoms with E-state index in [4.69, 9.17) is 11.6 Å². The highest BCUT2D eigenvalue weighted by Crippen LogP contribution is 2.21. The lowest BCUT2D eigenvalue weighted by atomic mass is 10.2. The number of hydrogen-bond donors (Lipinski definition) is 2. The minimum Gasteiger partial charge on any atom is -0.465 e. The number of nitrogens with zero attached hydrogens (tertiary/aromatic N) is 1. The summed E-state index contributed by atoms with van der Waals surface area (Å²) in [4.78, 5) is 13.7. The van der Waals surface area contributed by atoms with Gasteiger partial charge in [-0.3, -0.25) is 4.90 Å². The zero-order valence-corrected chi connectivity index (χ0v) is 16.9. The second-order valence-corrected chi connectivity index (χ2v) is 7.30. The van der Waals surface area contributed by atoms with Crippen molar-refractivity contribution >= 4 is 52.4 Å². The van der Waals surface area contributed by atoms with Crippen molar-refractivity contribution in [3.63, 3.8) is 0 Å². The van der Waals surface area contributed by atoms with Crippen molar-refractivity contribution in [3.8, 4) is 0 Å². The molecule has 25 heavy (non-hydrogen) atoms. The molecule has 1 aromatic rings. The molecule has 0 atom stereocenters. The van der Waals surface area contributed by atoms with Crippen LogP contribution in [0.3, 0.4) is 0 Å². The van der Waals surface area contributed by atoms with Gasteiger partial charge in [0, 0.05) is 39.3 Å². The van der Waals surface area contributed by atoms with Crippen molar-refractivity contribution < 1.29 is 17.9 Å². The van der Waals surface area contributed by atoms with Crippen LogP contribution in [-0.2, 0) is 14.8 Å².